The van der Waals surface area contributed by atoms with E-state index in [9.17, 15) is 24.4 Å². The second-order valence-corrected chi connectivity index (χ2v) is 6.97. The first kappa shape index (κ1) is 20.6. The molecule has 2 atom stereocenters. The van der Waals surface area contributed by atoms with Crippen LogP contribution in [0.3, 0.4) is 0 Å². The Kier molecular flexibility index (Phi) is 5.55. The number of esters is 1. The van der Waals surface area contributed by atoms with Gasteiger partial charge in [0.2, 0.25) is 5.78 Å². The van der Waals surface area contributed by atoms with Gasteiger partial charge in [0.15, 0.2) is 5.78 Å². The molecule has 0 bridgehead atoms. The van der Waals surface area contributed by atoms with Crippen molar-refractivity contribution in [1.29, 1.82) is 5.26 Å². The van der Waals surface area contributed by atoms with Gasteiger partial charge in [-0.15, -0.1) is 0 Å². The fourth-order valence-corrected chi connectivity index (χ4v) is 3.53. The number of para-hydroxylation sites is 1. The monoisotopic (exact) mass is 425 g/mol. The zero-order valence-corrected chi connectivity index (χ0v) is 16.5. The summed E-state index contributed by atoms with van der Waals surface area (Å²) in [5.74, 6) is -5.16. The van der Waals surface area contributed by atoms with E-state index in [1.165, 1.54) is 42.7 Å². The van der Waals surface area contributed by atoms with E-state index in [-0.39, 0.29) is 22.4 Å². The van der Waals surface area contributed by atoms with Crippen molar-refractivity contribution in [2.75, 3.05) is 5.32 Å². The summed E-state index contributed by atoms with van der Waals surface area (Å²) in [6.07, 6.45) is 1.50. The average molecular weight is 425 g/mol. The van der Waals surface area contributed by atoms with Crippen LogP contribution < -0.4 is 5.32 Å². The molecule has 1 aliphatic rings. The molecule has 0 saturated carbocycles. The van der Waals surface area contributed by atoms with Gasteiger partial charge in [0.25, 0.3) is 5.91 Å². The Morgan fingerprint density at radius 2 is 1.69 bits per heavy atom. The normalized spacial score (nSPS) is 15.1. The Bertz CT molecular complexity index is 1280. The highest BCUT2D eigenvalue weighted by molar-refractivity contribution is 6.45. The molecule has 0 saturated heterocycles. The van der Waals surface area contributed by atoms with Crippen molar-refractivity contribution in [3.63, 3.8) is 0 Å². The molecule has 1 N–H and O–H groups in total. The smallest absolute Gasteiger partial charge is 0.339 e. The van der Waals surface area contributed by atoms with E-state index in [1.807, 2.05) is 6.07 Å². The van der Waals surface area contributed by atoms with Crippen molar-refractivity contribution >= 4 is 29.1 Å². The Morgan fingerprint density at radius 3 is 2.44 bits per heavy atom. The molecule has 8 nitrogen and oxygen atoms in total. The molecule has 8 heteroatoms. The number of cyclic esters (lactones) is 1. The Balaban J connectivity index is 1.72. The molecule has 0 unspecified atom stereocenters. The summed E-state index contributed by atoms with van der Waals surface area (Å²) < 4.78 is 5.37. The van der Waals surface area contributed by atoms with E-state index in [0.717, 1.165) is 0 Å². The second-order valence-electron chi connectivity index (χ2n) is 6.97. The lowest BCUT2D eigenvalue weighted by Gasteiger charge is -2.21. The van der Waals surface area contributed by atoms with Gasteiger partial charge in [0.05, 0.1) is 16.8 Å². The average Bonchev–Trinajstić information content (AvgIpc) is 3.16. The molecule has 1 amide bonds. The van der Waals surface area contributed by atoms with Crippen molar-refractivity contribution in [3.05, 3.63) is 95.3 Å². The minimum atomic E-state index is -1.61. The molecular formula is C24H15N3O5. The third kappa shape index (κ3) is 3.75. The minimum Gasteiger partial charge on any atom is -0.453 e. The quantitative estimate of drug-likeness (QED) is 0.278. The molecule has 3 aromatic rings. The maximum atomic E-state index is 13.3. The van der Waals surface area contributed by atoms with Gasteiger partial charge >= 0.3 is 5.97 Å². The van der Waals surface area contributed by atoms with Crippen LogP contribution in [0.1, 0.15) is 37.9 Å². The number of hydrogen-bond donors (Lipinski definition) is 1. The van der Waals surface area contributed by atoms with Gasteiger partial charge in [-0.1, -0.05) is 30.3 Å². The number of amides is 1. The summed E-state index contributed by atoms with van der Waals surface area (Å²) in [6.45, 7) is 0. The van der Waals surface area contributed by atoms with Crippen LogP contribution in [-0.4, -0.2) is 28.4 Å². The summed E-state index contributed by atoms with van der Waals surface area (Å²) in [4.78, 5) is 55.5. The number of fused-ring (bicyclic) bond motifs is 1. The summed E-state index contributed by atoms with van der Waals surface area (Å²) >= 11 is 0. The zero-order chi connectivity index (χ0) is 22.7. The van der Waals surface area contributed by atoms with Gasteiger partial charge < -0.3 is 10.1 Å². The van der Waals surface area contributed by atoms with Crippen molar-refractivity contribution in [1.82, 2.24) is 4.98 Å². The molecule has 0 aliphatic carbocycles. The van der Waals surface area contributed by atoms with E-state index >= 15 is 0 Å². The van der Waals surface area contributed by atoms with Crippen LogP contribution in [0.2, 0.25) is 0 Å². The lowest BCUT2D eigenvalue weighted by molar-refractivity contribution is -0.138. The second kappa shape index (κ2) is 8.62. The minimum absolute atomic E-state index is 0.132. The number of ether oxygens (including phenoxy) is 1. The first-order valence-electron chi connectivity index (χ1n) is 9.59. The Morgan fingerprint density at radius 1 is 1.00 bits per heavy atom. The van der Waals surface area contributed by atoms with E-state index in [4.69, 9.17) is 4.74 Å². The highest BCUT2D eigenvalue weighted by Gasteiger charge is 2.46. The number of ketones is 2. The number of rotatable bonds is 6. The van der Waals surface area contributed by atoms with Gasteiger partial charge in [-0.3, -0.25) is 19.4 Å². The highest BCUT2D eigenvalue weighted by atomic mass is 16.5. The topological polar surface area (TPSA) is 126 Å². The van der Waals surface area contributed by atoms with E-state index < -0.39 is 35.5 Å². The van der Waals surface area contributed by atoms with Crippen molar-refractivity contribution in [3.8, 4) is 6.07 Å². The Hall–Kier alpha value is -4.64. The van der Waals surface area contributed by atoms with Crippen molar-refractivity contribution in [2.45, 2.75) is 6.10 Å². The molecule has 32 heavy (non-hydrogen) atoms. The van der Waals surface area contributed by atoms with Gasteiger partial charge in [0.1, 0.15) is 18.1 Å². The van der Waals surface area contributed by atoms with Gasteiger partial charge in [0, 0.05) is 23.5 Å². The van der Waals surface area contributed by atoms with Crippen LogP contribution in [-0.2, 0) is 14.3 Å². The van der Waals surface area contributed by atoms with Gasteiger partial charge in [-0.05, 0) is 30.3 Å². The van der Waals surface area contributed by atoms with E-state index in [0.29, 0.717) is 5.56 Å². The van der Waals surface area contributed by atoms with Crippen LogP contribution in [0.15, 0.2) is 73.1 Å². The number of nitrogens with zero attached hydrogens (tertiary/aromatic N) is 2. The Labute approximate surface area is 182 Å². The summed E-state index contributed by atoms with van der Waals surface area (Å²) in [6, 6.07) is 17.3. The summed E-state index contributed by atoms with van der Waals surface area (Å²) in [7, 11) is 0. The number of nitrogens with one attached hydrogen (secondary N) is 1. The summed E-state index contributed by atoms with van der Waals surface area (Å²) in [5.41, 5.74) is 1.01. The molecule has 1 aromatic heterocycles. The number of carbonyl (C=O) groups excluding carboxylic acids is 4. The van der Waals surface area contributed by atoms with Crippen LogP contribution in [0, 0.1) is 17.2 Å². The third-order valence-corrected chi connectivity index (χ3v) is 5.07. The number of Topliss-reactive ketones (excluding diaryl/α,β-unsaturated/α-hetero) is 2. The number of aromatic nitrogens is 1. The van der Waals surface area contributed by atoms with Crippen molar-refractivity contribution in [2.24, 2.45) is 5.92 Å². The molecule has 0 fully saturated rings. The fourth-order valence-electron chi connectivity index (χ4n) is 3.53. The standard InChI is InChI=1S/C24H15N3O5/c25-13-15-5-1-4-8-18(15)27-23(30)21(29)19(20(28)14-9-11-26-12-10-14)22-16-6-2-3-7-17(16)24(31)32-22/h1-12,19,22H,(H,27,30)/t19-,22+/m0/s1. The van der Waals surface area contributed by atoms with Gasteiger partial charge in [-0.2, -0.15) is 5.26 Å². The maximum Gasteiger partial charge on any atom is 0.339 e. The van der Waals surface area contributed by atoms with Gasteiger partial charge in [-0.25, -0.2) is 4.79 Å². The predicted molar refractivity (Wildman–Crippen MR) is 111 cm³/mol. The molecule has 156 valence electrons. The van der Waals surface area contributed by atoms with Crippen LogP contribution in [0.4, 0.5) is 5.69 Å². The largest absolute Gasteiger partial charge is 0.453 e. The first-order chi connectivity index (χ1) is 15.5. The maximum absolute atomic E-state index is 13.3. The first-order valence-corrected chi connectivity index (χ1v) is 9.59. The lowest BCUT2D eigenvalue weighted by Crippen LogP contribution is -2.38. The number of hydrogen-bond acceptors (Lipinski definition) is 7. The van der Waals surface area contributed by atoms with Crippen LogP contribution >= 0.6 is 0 Å². The number of pyridine rings is 1. The predicted octanol–water partition coefficient (Wildman–Crippen LogP) is 2.87. The highest BCUT2D eigenvalue weighted by Crippen LogP contribution is 2.38. The van der Waals surface area contributed by atoms with Crippen LogP contribution in [0.5, 0.6) is 0 Å². The number of nitriles is 1. The number of carbonyl (C=O) groups is 4. The SMILES string of the molecule is N#Cc1ccccc1NC(=O)C(=O)[C@H](C(=O)c1ccncc1)[C@@H]1OC(=O)c2ccccc21. The summed E-state index contributed by atoms with van der Waals surface area (Å²) in [5, 5.41) is 11.6. The van der Waals surface area contributed by atoms with E-state index in [1.54, 1.807) is 30.3 Å². The molecule has 0 radical (unpaired) electrons. The van der Waals surface area contributed by atoms with E-state index in [2.05, 4.69) is 10.3 Å². The zero-order valence-electron chi connectivity index (χ0n) is 16.5. The molecule has 2 heterocycles. The fraction of sp³-hybridized carbons (Fsp3) is 0.0833. The molecule has 4 rings (SSSR count). The molecule has 1 aliphatic heterocycles. The molecular weight excluding hydrogens is 410 g/mol. The van der Waals surface area contributed by atoms with Crippen LogP contribution in [0.25, 0.3) is 0 Å². The molecule has 0 spiro atoms. The third-order valence-electron chi connectivity index (χ3n) is 5.07. The lowest BCUT2D eigenvalue weighted by atomic mass is 9.85. The molecule has 2 aromatic carbocycles. The number of anilines is 1. The number of benzene rings is 2. The van der Waals surface area contributed by atoms with Crippen molar-refractivity contribution < 1.29 is 23.9 Å².